The molecule has 2 N–H and O–H groups in total. The molecule has 0 aliphatic heterocycles. The fourth-order valence-electron chi connectivity index (χ4n) is 0. The molecule has 6 heavy (non-hydrogen) atoms. The first-order valence-electron chi connectivity index (χ1n) is 0.651. The van der Waals surface area contributed by atoms with Gasteiger partial charge in [-0.1, -0.05) is 0 Å². The van der Waals surface area contributed by atoms with Crippen LogP contribution in [0.4, 0.5) is 4.79 Å². The van der Waals surface area contributed by atoms with E-state index in [9.17, 15) is 0 Å². The Morgan fingerprint density at radius 2 is 1.33 bits per heavy atom. The van der Waals surface area contributed by atoms with Crippen LogP contribution in [0.25, 0.3) is 0 Å². The van der Waals surface area contributed by atoms with E-state index in [-0.39, 0.29) is 23.6 Å². The van der Waals surface area contributed by atoms with Crippen molar-refractivity contribution in [2.75, 3.05) is 0 Å². The van der Waals surface area contributed by atoms with E-state index in [0.717, 1.165) is 0 Å². The van der Waals surface area contributed by atoms with Gasteiger partial charge in [0.05, 0.1) is 0 Å². The predicted octanol–water partition coefficient (Wildman–Crippen LogP) is -5.77. The Morgan fingerprint density at radius 3 is 1.33 bits per heavy atom. The molecular weight excluding hydrogens is 85.9 g/mol. The third-order valence-corrected chi connectivity index (χ3v) is 0. The minimum absolute atomic E-state index is 0. The number of hydrogen-bond acceptors (Lipinski definition) is 1. The van der Waals surface area contributed by atoms with Gasteiger partial charge in [0, 0.05) is 0 Å². The molecule has 0 bridgehead atoms. The van der Waals surface area contributed by atoms with Crippen molar-refractivity contribution < 1.29 is 38.6 Å². The summed E-state index contributed by atoms with van der Waals surface area (Å²) in [5.74, 6) is 0. The van der Waals surface area contributed by atoms with Crippen LogP contribution in [0.2, 0.25) is 0 Å². The Kier molecular flexibility index (Phi) is 25.1. The predicted molar refractivity (Wildman–Crippen MR) is 10.7 cm³/mol. The third kappa shape index (κ3) is 724. The summed E-state index contributed by atoms with van der Waals surface area (Å²) in [5.41, 5.74) is 0. The molecular formula is CH2FLiO3. The maximum absolute atomic E-state index is 8.56. The summed E-state index contributed by atoms with van der Waals surface area (Å²) in [6, 6.07) is 0. The molecule has 0 aromatic heterocycles. The van der Waals surface area contributed by atoms with Crippen LogP contribution in [-0.4, -0.2) is 16.4 Å². The van der Waals surface area contributed by atoms with Gasteiger partial charge in [-0.25, -0.2) is 4.79 Å². The summed E-state index contributed by atoms with van der Waals surface area (Å²) in [4.78, 5) is 8.56. The van der Waals surface area contributed by atoms with Crippen molar-refractivity contribution in [1.82, 2.24) is 0 Å². The maximum Gasteiger partial charge on any atom is 1.00 e. The SMILES string of the molecule is O=C(O)O.[F-].[Li+]. The van der Waals surface area contributed by atoms with Gasteiger partial charge in [0.2, 0.25) is 0 Å². The molecule has 0 aliphatic rings. The summed E-state index contributed by atoms with van der Waals surface area (Å²) in [7, 11) is 0. The molecule has 0 radical (unpaired) electrons. The second-order valence-corrected chi connectivity index (χ2v) is 0.283. The van der Waals surface area contributed by atoms with E-state index in [0.29, 0.717) is 0 Å². The fourth-order valence-corrected chi connectivity index (χ4v) is 0. The molecule has 0 unspecified atom stereocenters. The first kappa shape index (κ1) is 17.1. The van der Waals surface area contributed by atoms with E-state index in [1.165, 1.54) is 0 Å². The van der Waals surface area contributed by atoms with E-state index in [1.807, 2.05) is 0 Å². The number of carbonyl (C=O) groups is 1. The second kappa shape index (κ2) is 8.84. The van der Waals surface area contributed by atoms with E-state index in [2.05, 4.69) is 0 Å². The van der Waals surface area contributed by atoms with Crippen LogP contribution in [0.1, 0.15) is 0 Å². The molecule has 0 amide bonds. The van der Waals surface area contributed by atoms with Crippen molar-refractivity contribution in [1.29, 1.82) is 0 Å². The van der Waals surface area contributed by atoms with Crippen LogP contribution in [0, 0.1) is 0 Å². The Hall–Kier alpha value is -0.203. The number of carboxylic acid groups (broad SMARTS) is 2. The first-order chi connectivity index (χ1) is 1.73. The zero-order chi connectivity index (χ0) is 3.58. The molecule has 0 saturated heterocycles. The van der Waals surface area contributed by atoms with E-state index in [1.54, 1.807) is 0 Å². The Bertz CT molecular complexity index is 33.8. The number of halogens is 1. The molecule has 32 valence electrons. The topological polar surface area (TPSA) is 57.5 Å². The van der Waals surface area contributed by atoms with Gasteiger partial charge in [0.15, 0.2) is 0 Å². The third-order valence-electron chi connectivity index (χ3n) is 0. The summed E-state index contributed by atoms with van der Waals surface area (Å²) in [6.45, 7) is 0. The van der Waals surface area contributed by atoms with Gasteiger partial charge in [-0.15, -0.1) is 0 Å². The van der Waals surface area contributed by atoms with Gasteiger partial charge in [-0.05, 0) is 0 Å². The van der Waals surface area contributed by atoms with Crippen molar-refractivity contribution in [2.24, 2.45) is 0 Å². The smallest absolute Gasteiger partial charge is 1.00 e. The molecule has 0 aromatic rings. The average Bonchev–Trinajstić information content (AvgIpc) is 0.811. The van der Waals surface area contributed by atoms with Gasteiger partial charge < -0.3 is 14.9 Å². The fraction of sp³-hybridized carbons (Fsp3) is 0. The molecule has 0 spiro atoms. The Morgan fingerprint density at radius 1 is 1.33 bits per heavy atom. The summed E-state index contributed by atoms with van der Waals surface area (Å²) in [5, 5.41) is 13.9. The number of hydrogen-bond donors (Lipinski definition) is 2. The minimum atomic E-state index is -1.83. The van der Waals surface area contributed by atoms with Crippen LogP contribution in [-0.2, 0) is 0 Å². The molecule has 0 aromatic carbocycles. The first-order valence-corrected chi connectivity index (χ1v) is 0.651. The Labute approximate surface area is 45.5 Å². The van der Waals surface area contributed by atoms with Crippen LogP contribution >= 0.6 is 0 Å². The maximum atomic E-state index is 8.56. The van der Waals surface area contributed by atoms with Crippen LogP contribution in [0.5, 0.6) is 0 Å². The van der Waals surface area contributed by atoms with E-state index >= 15 is 0 Å². The van der Waals surface area contributed by atoms with Gasteiger partial charge in [-0.2, -0.15) is 0 Å². The van der Waals surface area contributed by atoms with Gasteiger partial charge in [-0.3, -0.25) is 0 Å². The monoisotopic (exact) mass is 88.0 g/mol. The molecule has 0 saturated carbocycles. The van der Waals surface area contributed by atoms with Crippen molar-refractivity contribution in [2.45, 2.75) is 0 Å². The molecule has 0 fully saturated rings. The van der Waals surface area contributed by atoms with Crippen LogP contribution < -0.4 is 23.6 Å². The zero-order valence-corrected chi connectivity index (χ0v) is 3.18. The summed E-state index contributed by atoms with van der Waals surface area (Å²) in [6.07, 6.45) is -1.83. The van der Waals surface area contributed by atoms with E-state index in [4.69, 9.17) is 15.0 Å². The van der Waals surface area contributed by atoms with Crippen molar-refractivity contribution in [3.8, 4) is 0 Å². The van der Waals surface area contributed by atoms with Crippen molar-refractivity contribution in [3.05, 3.63) is 0 Å². The largest absolute Gasteiger partial charge is 1.00 e. The van der Waals surface area contributed by atoms with Crippen molar-refractivity contribution >= 4 is 6.16 Å². The van der Waals surface area contributed by atoms with Crippen LogP contribution in [0.15, 0.2) is 0 Å². The molecule has 3 nitrogen and oxygen atoms in total. The van der Waals surface area contributed by atoms with E-state index < -0.39 is 6.16 Å². The summed E-state index contributed by atoms with van der Waals surface area (Å²) < 4.78 is 0. The van der Waals surface area contributed by atoms with Crippen molar-refractivity contribution in [3.63, 3.8) is 0 Å². The van der Waals surface area contributed by atoms with Crippen LogP contribution in [0.3, 0.4) is 0 Å². The molecule has 0 rings (SSSR count). The van der Waals surface area contributed by atoms with Gasteiger partial charge in [0.1, 0.15) is 0 Å². The second-order valence-electron chi connectivity index (χ2n) is 0.283. The molecule has 5 heteroatoms. The van der Waals surface area contributed by atoms with Gasteiger partial charge >= 0.3 is 25.0 Å². The molecule has 0 heterocycles. The molecule has 0 atom stereocenters. The zero-order valence-electron chi connectivity index (χ0n) is 3.18. The normalized spacial score (nSPS) is 4.00. The van der Waals surface area contributed by atoms with Gasteiger partial charge in [0.25, 0.3) is 0 Å². The minimum Gasteiger partial charge on any atom is -1.00 e. The Balaban J connectivity index is -0.0000000450. The summed E-state index contributed by atoms with van der Waals surface area (Å²) >= 11 is 0. The standard InChI is InChI=1S/CH2O3.FH.Li/c2-1(3)4;;/h(H2,2,3,4);1H;/q;;+1/p-1. The quantitative estimate of drug-likeness (QED) is 0.290. The number of rotatable bonds is 0. The molecule has 0 aliphatic carbocycles. The average molecular weight is 88.0 g/mol.